The van der Waals surface area contributed by atoms with Crippen LogP contribution in [0.25, 0.3) is 0 Å². The third-order valence-electron chi connectivity index (χ3n) is 2.65. The largest absolute Gasteiger partial charge is 0.485 e. The summed E-state index contributed by atoms with van der Waals surface area (Å²) in [5, 5.41) is 0. The fraction of sp³-hybridized carbons (Fsp3) is 0.133. The molecule has 0 amide bonds. The maximum Gasteiger partial charge on any atom is 0.416 e. The molecule has 2 nitrogen and oxygen atoms in total. The van der Waals surface area contributed by atoms with Crippen molar-refractivity contribution in [3.05, 3.63) is 65.7 Å². The normalized spacial score (nSPS) is 11.2. The predicted octanol–water partition coefficient (Wildman–Crippen LogP) is 3.97. The topological polar surface area (TPSA) is 26.3 Å². The summed E-state index contributed by atoms with van der Waals surface area (Å²) in [5.74, 6) is -0.00669. The molecule has 0 saturated heterocycles. The minimum atomic E-state index is -4.38. The summed E-state index contributed by atoms with van der Waals surface area (Å²) < 4.78 is 42.3. The van der Waals surface area contributed by atoms with Gasteiger partial charge >= 0.3 is 6.18 Å². The molecule has 0 unspecified atom stereocenters. The lowest BCUT2D eigenvalue weighted by Crippen LogP contribution is -2.11. The van der Waals surface area contributed by atoms with E-state index in [0.29, 0.717) is 5.56 Å². The summed E-state index contributed by atoms with van der Waals surface area (Å²) in [5.41, 5.74) is -0.251. The molecule has 0 atom stereocenters. The molecule has 0 aromatic heterocycles. The van der Waals surface area contributed by atoms with Crippen LogP contribution < -0.4 is 4.74 Å². The Morgan fingerprint density at radius 1 is 0.950 bits per heavy atom. The van der Waals surface area contributed by atoms with E-state index in [2.05, 4.69) is 0 Å². The molecular formula is C15H11F3O2. The third kappa shape index (κ3) is 3.60. The second-order valence-corrected chi connectivity index (χ2v) is 4.10. The summed E-state index contributed by atoms with van der Waals surface area (Å²) in [6.07, 6.45) is -4.38. The van der Waals surface area contributed by atoms with Gasteiger partial charge < -0.3 is 4.74 Å². The van der Waals surface area contributed by atoms with Crippen LogP contribution in [-0.4, -0.2) is 12.4 Å². The molecule has 0 aliphatic rings. The molecule has 2 rings (SSSR count). The average Bonchev–Trinajstić information content (AvgIpc) is 2.45. The predicted molar refractivity (Wildman–Crippen MR) is 67.7 cm³/mol. The highest BCUT2D eigenvalue weighted by Crippen LogP contribution is 2.30. The zero-order valence-electron chi connectivity index (χ0n) is 10.4. The van der Waals surface area contributed by atoms with Gasteiger partial charge in [0.1, 0.15) is 5.75 Å². The molecule has 0 aliphatic carbocycles. The SMILES string of the molecule is O=C(COc1ccc(C(F)(F)F)cc1)c1ccccc1. The fourth-order valence-corrected chi connectivity index (χ4v) is 1.60. The molecular weight excluding hydrogens is 269 g/mol. The monoisotopic (exact) mass is 280 g/mol. The second kappa shape index (κ2) is 5.77. The molecule has 0 spiro atoms. The van der Waals surface area contributed by atoms with E-state index in [4.69, 9.17) is 4.74 Å². The number of alkyl halides is 3. The van der Waals surface area contributed by atoms with Crippen molar-refractivity contribution in [1.29, 1.82) is 0 Å². The lowest BCUT2D eigenvalue weighted by atomic mass is 10.1. The smallest absolute Gasteiger partial charge is 0.416 e. The van der Waals surface area contributed by atoms with Gasteiger partial charge in [0.25, 0.3) is 0 Å². The van der Waals surface area contributed by atoms with Crippen molar-refractivity contribution in [2.75, 3.05) is 6.61 Å². The molecule has 0 N–H and O–H groups in total. The number of ether oxygens (including phenoxy) is 1. The summed E-state index contributed by atoms with van der Waals surface area (Å²) in [4.78, 5) is 11.7. The van der Waals surface area contributed by atoms with E-state index in [1.165, 1.54) is 12.1 Å². The lowest BCUT2D eigenvalue weighted by molar-refractivity contribution is -0.137. The van der Waals surface area contributed by atoms with Gasteiger partial charge in [0.15, 0.2) is 12.4 Å². The quantitative estimate of drug-likeness (QED) is 0.792. The van der Waals surface area contributed by atoms with Crippen LogP contribution in [0.15, 0.2) is 54.6 Å². The van der Waals surface area contributed by atoms with Gasteiger partial charge in [-0.3, -0.25) is 4.79 Å². The minimum Gasteiger partial charge on any atom is -0.485 e. The minimum absolute atomic E-state index is 0.213. The van der Waals surface area contributed by atoms with E-state index >= 15 is 0 Å². The number of ketones is 1. The van der Waals surface area contributed by atoms with Gasteiger partial charge in [-0.15, -0.1) is 0 Å². The lowest BCUT2D eigenvalue weighted by Gasteiger charge is -2.08. The van der Waals surface area contributed by atoms with Gasteiger partial charge in [0.05, 0.1) is 5.56 Å². The number of carbonyl (C=O) groups is 1. The number of rotatable bonds is 4. The number of carbonyl (C=O) groups excluding carboxylic acids is 1. The van der Waals surface area contributed by atoms with Crippen LogP contribution in [-0.2, 0) is 6.18 Å². The highest BCUT2D eigenvalue weighted by atomic mass is 19.4. The summed E-state index contributed by atoms with van der Waals surface area (Å²) in [6.45, 7) is -0.213. The van der Waals surface area contributed by atoms with Crippen molar-refractivity contribution in [2.45, 2.75) is 6.18 Å². The van der Waals surface area contributed by atoms with Crippen molar-refractivity contribution < 1.29 is 22.7 Å². The van der Waals surface area contributed by atoms with Gasteiger partial charge in [-0.05, 0) is 24.3 Å². The van der Waals surface area contributed by atoms with Crippen molar-refractivity contribution in [3.8, 4) is 5.75 Å². The Morgan fingerprint density at radius 2 is 1.55 bits per heavy atom. The standard InChI is InChI=1S/C15H11F3O2/c16-15(17,18)12-6-8-13(9-7-12)20-10-14(19)11-4-2-1-3-5-11/h1-9H,10H2. The number of hydrogen-bond acceptors (Lipinski definition) is 2. The van der Waals surface area contributed by atoms with E-state index in [0.717, 1.165) is 12.1 Å². The molecule has 20 heavy (non-hydrogen) atoms. The molecule has 0 saturated carbocycles. The Labute approximate surface area is 113 Å². The Hall–Kier alpha value is -2.30. The summed E-state index contributed by atoms with van der Waals surface area (Å²) in [7, 11) is 0. The second-order valence-electron chi connectivity index (χ2n) is 4.10. The first-order valence-corrected chi connectivity index (χ1v) is 5.85. The number of benzene rings is 2. The average molecular weight is 280 g/mol. The Morgan fingerprint density at radius 3 is 2.10 bits per heavy atom. The zero-order chi connectivity index (χ0) is 14.6. The highest BCUT2D eigenvalue weighted by molar-refractivity contribution is 5.97. The number of halogens is 3. The molecule has 0 aliphatic heterocycles. The van der Waals surface area contributed by atoms with Crippen LogP contribution >= 0.6 is 0 Å². The van der Waals surface area contributed by atoms with E-state index in [1.807, 2.05) is 0 Å². The maximum absolute atomic E-state index is 12.4. The molecule has 104 valence electrons. The van der Waals surface area contributed by atoms with Crippen molar-refractivity contribution in [1.82, 2.24) is 0 Å². The van der Waals surface area contributed by atoms with Gasteiger partial charge in [0.2, 0.25) is 0 Å². The van der Waals surface area contributed by atoms with Gasteiger partial charge in [-0.1, -0.05) is 30.3 Å². The molecule has 2 aromatic rings. The van der Waals surface area contributed by atoms with Crippen LogP contribution in [0.5, 0.6) is 5.75 Å². The van der Waals surface area contributed by atoms with Crippen molar-refractivity contribution in [3.63, 3.8) is 0 Å². The van der Waals surface area contributed by atoms with Gasteiger partial charge in [-0.25, -0.2) is 0 Å². The van der Waals surface area contributed by atoms with Crippen LogP contribution in [0.4, 0.5) is 13.2 Å². The summed E-state index contributed by atoms with van der Waals surface area (Å²) >= 11 is 0. The van der Waals surface area contributed by atoms with Crippen molar-refractivity contribution >= 4 is 5.78 Å². The zero-order valence-corrected chi connectivity index (χ0v) is 10.4. The first-order chi connectivity index (χ1) is 9.47. The molecule has 0 fully saturated rings. The fourth-order valence-electron chi connectivity index (χ4n) is 1.60. The third-order valence-corrected chi connectivity index (χ3v) is 2.65. The molecule has 2 aromatic carbocycles. The van der Waals surface area contributed by atoms with Gasteiger partial charge in [0, 0.05) is 5.56 Å². The van der Waals surface area contributed by atoms with E-state index in [1.54, 1.807) is 30.3 Å². The van der Waals surface area contributed by atoms with Crippen LogP contribution in [0.2, 0.25) is 0 Å². The van der Waals surface area contributed by atoms with Crippen molar-refractivity contribution in [2.24, 2.45) is 0 Å². The van der Waals surface area contributed by atoms with Gasteiger partial charge in [-0.2, -0.15) is 13.2 Å². The first-order valence-electron chi connectivity index (χ1n) is 5.85. The van der Waals surface area contributed by atoms with Crippen LogP contribution in [0.3, 0.4) is 0 Å². The molecule has 0 heterocycles. The van der Waals surface area contributed by atoms with Crippen LogP contribution in [0, 0.1) is 0 Å². The van der Waals surface area contributed by atoms with E-state index in [-0.39, 0.29) is 18.1 Å². The summed E-state index contributed by atoms with van der Waals surface area (Å²) in [6, 6.07) is 12.8. The first kappa shape index (κ1) is 14.1. The molecule has 0 radical (unpaired) electrons. The number of Topliss-reactive ketones (excluding diaryl/α,β-unsaturated/α-hetero) is 1. The molecule has 5 heteroatoms. The maximum atomic E-state index is 12.4. The number of hydrogen-bond donors (Lipinski definition) is 0. The van der Waals surface area contributed by atoms with E-state index < -0.39 is 11.7 Å². The molecule has 0 bridgehead atoms. The Bertz CT molecular complexity index is 574. The van der Waals surface area contributed by atoms with Crippen LogP contribution in [0.1, 0.15) is 15.9 Å². The Kier molecular flexibility index (Phi) is 4.08. The highest BCUT2D eigenvalue weighted by Gasteiger charge is 2.30. The van der Waals surface area contributed by atoms with E-state index in [9.17, 15) is 18.0 Å². The Balaban J connectivity index is 1.96.